The standard InChI is InChI=1S/C8H7FO3/c9-8-3-1-7(2-4-8)5-11-12-6-10/h1-4,6H,5H2. The van der Waals surface area contributed by atoms with Gasteiger partial charge in [0.1, 0.15) is 12.4 Å². The highest BCUT2D eigenvalue weighted by atomic mass is 19.1. The SMILES string of the molecule is O=COOCc1ccc(F)cc1. The summed E-state index contributed by atoms with van der Waals surface area (Å²) >= 11 is 0. The van der Waals surface area contributed by atoms with E-state index in [0.717, 1.165) is 5.56 Å². The first-order valence-corrected chi connectivity index (χ1v) is 3.29. The monoisotopic (exact) mass is 170 g/mol. The molecule has 0 aromatic heterocycles. The molecule has 0 aliphatic rings. The third kappa shape index (κ3) is 2.67. The molecule has 64 valence electrons. The predicted molar refractivity (Wildman–Crippen MR) is 38.3 cm³/mol. The first-order valence-electron chi connectivity index (χ1n) is 3.29. The van der Waals surface area contributed by atoms with E-state index in [1.54, 1.807) is 12.1 Å². The summed E-state index contributed by atoms with van der Waals surface area (Å²) in [5.74, 6) is -0.310. The van der Waals surface area contributed by atoms with Gasteiger partial charge in [-0.25, -0.2) is 4.39 Å². The molecule has 0 bridgehead atoms. The molecular weight excluding hydrogens is 163 g/mol. The smallest absolute Gasteiger partial charge is 0.301 e. The Morgan fingerprint density at radius 2 is 2.00 bits per heavy atom. The van der Waals surface area contributed by atoms with Crippen LogP contribution in [0, 0.1) is 5.82 Å². The summed E-state index contributed by atoms with van der Waals surface area (Å²) in [5, 5.41) is 0. The molecule has 0 atom stereocenters. The van der Waals surface area contributed by atoms with Crippen LogP contribution in [0.1, 0.15) is 5.56 Å². The Morgan fingerprint density at radius 3 is 2.58 bits per heavy atom. The quantitative estimate of drug-likeness (QED) is 0.297. The van der Waals surface area contributed by atoms with Gasteiger partial charge in [-0.15, -0.1) is 0 Å². The van der Waals surface area contributed by atoms with E-state index in [4.69, 9.17) is 0 Å². The van der Waals surface area contributed by atoms with Crippen LogP contribution < -0.4 is 0 Å². The van der Waals surface area contributed by atoms with E-state index in [0.29, 0.717) is 0 Å². The van der Waals surface area contributed by atoms with Crippen molar-refractivity contribution in [3.8, 4) is 0 Å². The zero-order valence-corrected chi connectivity index (χ0v) is 6.20. The number of hydrogen-bond acceptors (Lipinski definition) is 3. The van der Waals surface area contributed by atoms with Crippen LogP contribution in [0.4, 0.5) is 4.39 Å². The van der Waals surface area contributed by atoms with E-state index in [9.17, 15) is 9.18 Å². The van der Waals surface area contributed by atoms with Gasteiger partial charge in [-0.2, -0.15) is 4.89 Å². The van der Waals surface area contributed by atoms with Crippen LogP contribution in [0.3, 0.4) is 0 Å². The molecule has 0 fully saturated rings. The second-order valence-electron chi connectivity index (χ2n) is 2.08. The summed E-state index contributed by atoms with van der Waals surface area (Å²) in [6.45, 7) is 0.308. The molecule has 0 spiro atoms. The summed E-state index contributed by atoms with van der Waals surface area (Å²) < 4.78 is 12.3. The van der Waals surface area contributed by atoms with Crippen molar-refractivity contribution in [2.45, 2.75) is 6.61 Å². The fraction of sp³-hybridized carbons (Fsp3) is 0.125. The summed E-state index contributed by atoms with van der Waals surface area (Å²) in [5.41, 5.74) is 0.734. The molecule has 0 saturated heterocycles. The highest BCUT2D eigenvalue weighted by molar-refractivity contribution is 5.35. The van der Waals surface area contributed by atoms with E-state index >= 15 is 0 Å². The molecule has 3 nitrogen and oxygen atoms in total. The fourth-order valence-corrected chi connectivity index (χ4v) is 0.710. The van der Waals surface area contributed by atoms with Crippen LogP contribution >= 0.6 is 0 Å². The molecule has 0 radical (unpaired) electrons. The Kier molecular flexibility index (Phi) is 3.22. The molecule has 1 aromatic rings. The maximum Gasteiger partial charge on any atom is 0.330 e. The summed E-state index contributed by atoms with van der Waals surface area (Å²) in [7, 11) is 0. The van der Waals surface area contributed by atoms with Gasteiger partial charge in [-0.05, 0) is 17.7 Å². The molecule has 0 aliphatic carbocycles. The zero-order chi connectivity index (χ0) is 8.81. The van der Waals surface area contributed by atoms with Crippen LogP contribution in [0.5, 0.6) is 0 Å². The molecule has 0 N–H and O–H groups in total. The number of carbonyl (C=O) groups excluding carboxylic acids is 1. The Bertz CT molecular complexity index is 245. The van der Waals surface area contributed by atoms with Gasteiger partial charge in [-0.1, -0.05) is 12.1 Å². The van der Waals surface area contributed by atoms with Crippen molar-refractivity contribution in [3.63, 3.8) is 0 Å². The number of halogens is 1. The average molecular weight is 170 g/mol. The van der Waals surface area contributed by atoms with Crippen LogP contribution in [0.2, 0.25) is 0 Å². The number of benzene rings is 1. The van der Waals surface area contributed by atoms with Gasteiger partial charge >= 0.3 is 6.47 Å². The number of rotatable bonds is 4. The molecule has 0 aliphatic heterocycles. The number of hydrogen-bond donors (Lipinski definition) is 0. The number of carbonyl (C=O) groups is 1. The van der Waals surface area contributed by atoms with E-state index < -0.39 is 0 Å². The molecule has 4 heteroatoms. The van der Waals surface area contributed by atoms with Gasteiger partial charge in [0.15, 0.2) is 0 Å². The minimum absolute atomic E-state index is 0.124. The molecule has 0 unspecified atom stereocenters. The van der Waals surface area contributed by atoms with Gasteiger partial charge in [0, 0.05) is 0 Å². The molecule has 0 amide bonds. The van der Waals surface area contributed by atoms with E-state index in [1.807, 2.05) is 0 Å². The fourth-order valence-electron chi connectivity index (χ4n) is 0.710. The van der Waals surface area contributed by atoms with Gasteiger partial charge < -0.3 is 4.89 Å². The summed E-state index contributed by atoms with van der Waals surface area (Å²) in [6.07, 6.45) is 0. The Balaban J connectivity index is 2.42. The predicted octanol–water partition coefficient (Wildman–Crippen LogP) is 1.43. The van der Waals surface area contributed by atoms with E-state index in [2.05, 4.69) is 9.78 Å². The first kappa shape index (κ1) is 8.67. The highest BCUT2D eigenvalue weighted by Gasteiger charge is 1.93. The molecule has 0 saturated carbocycles. The maximum absolute atomic E-state index is 12.3. The second kappa shape index (κ2) is 4.46. The van der Waals surface area contributed by atoms with Crippen LogP contribution in [0.15, 0.2) is 24.3 Å². The second-order valence-corrected chi connectivity index (χ2v) is 2.08. The minimum atomic E-state index is -0.310. The summed E-state index contributed by atoms with van der Waals surface area (Å²) in [4.78, 5) is 18.1. The van der Waals surface area contributed by atoms with Crippen molar-refractivity contribution < 1.29 is 19.0 Å². The molecule has 12 heavy (non-hydrogen) atoms. The molecule has 0 heterocycles. The highest BCUT2D eigenvalue weighted by Crippen LogP contribution is 2.03. The third-order valence-electron chi connectivity index (χ3n) is 1.25. The van der Waals surface area contributed by atoms with E-state index in [1.165, 1.54) is 12.1 Å². The lowest BCUT2D eigenvalue weighted by Crippen LogP contribution is -1.92. The largest absolute Gasteiger partial charge is 0.330 e. The van der Waals surface area contributed by atoms with Gasteiger partial charge in [0.05, 0.1) is 0 Å². The van der Waals surface area contributed by atoms with Crippen molar-refractivity contribution in [3.05, 3.63) is 35.6 Å². The molecule has 1 rings (SSSR count). The van der Waals surface area contributed by atoms with Gasteiger partial charge in [-0.3, -0.25) is 4.79 Å². The molecule has 1 aromatic carbocycles. The van der Waals surface area contributed by atoms with Gasteiger partial charge in [0.25, 0.3) is 0 Å². The topological polar surface area (TPSA) is 35.5 Å². The summed E-state index contributed by atoms with van der Waals surface area (Å²) in [6, 6.07) is 5.70. The Morgan fingerprint density at radius 1 is 1.33 bits per heavy atom. The zero-order valence-electron chi connectivity index (χ0n) is 6.20. The lowest BCUT2D eigenvalue weighted by atomic mass is 10.2. The third-order valence-corrected chi connectivity index (χ3v) is 1.25. The lowest BCUT2D eigenvalue weighted by Gasteiger charge is -1.98. The Hall–Kier alpha value is -1.42. The minimum Gasteiger partial charge on any atom is -0.301 e. The van der Waals surface area contributed by atoms with E-state index in [-0.39, 0.29) is 18.9 Å². The van der Waals surface area contributed by atoms with Gasteiger partial charge in [0.2, 0.25) is 0 Å². The average Bonchev–Trinajstić information content (AvgIpc) is 2.09. The molecular formula is C8H7FO3. The maximum atomic E-state index is 12.3. The van der Waals surface area contributed by atoms with Crippen molar-refractivity contribution in [2.24, 2.45) is 0 Å². The normalized spacial score (nSPS) is 9.42. The lowest BCUT2D eigenvalue weighted by molar-refractivity contribution is -0.266. The van der Waals surface area contributed by atoms with Crippen molar-refractivity contribution in [1.82, 2.24) is 0 Å². The Labute approximate surface area is 68.6 Å². The van der Waals surface area contributed by atoms with Crippen molar-refractivity contribution >= 4 is 6.47 Å². The van der Waals surface area contributed by atoms with Crippen LogP contribution in [-0.4, -0.2) is 6.47 Å². The first-order chi connectivity index (χ1) is 5.83. The van der Waals surface area contributed by atoms with Crippen LogP contribution in [0.25, 0.3) is 0 Å². The van der Waals surface area contributed by atoms with Crippen LogP contribution in [-0.2, 0) is 21.2 Å². The van der Waals surface area contributed by atoms with Crippen molar-refractivity contribution in [1.29, 1.82) is 0 Å². The van der Waals surface area contributed by atoms with Crippen molar-refractivity contribution in [2.75, 3.05) is 0 Å².